The van der Waals surface area contributed by atoms with Crippen molar-refractivity contribution in [3.05, 3.63) is 24.3 Å². The van der Waals surface area contributed by atoms with Crippen LogP contribution in [0.1, 0.15) is 33.6 Å². The average Bonchev–Trinajstić information content (AvgIpc) is 3.06. The van der Waals surface area contributed by atoms with Gasteiger partial charge in [0.15, 0.2) is 17.1 Å². The van der Waals surface area contributed by atoms with Gasteiger partial charge in [0.2, 0.25) is 5.91 Å². The average molecular weight is 346 g/mol. The molecule has 0 bridgehead atoms. The molecule has 1 aromatic rings. The van der Waals surface area contributed by atoms with E-state index in [9.17, 15) is 9.59 Å². The molecule has 0 spiro atoms. The Morgan fingerprint density at radius 1 is 1.24 bits per heavy atom. The smallest absolute Gasteiger partial charge is 0.266 e. The second kappa shape index (κ2) is 6.58. The van der Waals surface area contributed by atoms with Gasteiger partial charge in [0.1, 0.15) is 6.04 Å². The van der Waals surface area contributed by atoms with Crippen molar-refractivity contribution in [2.24, 2.45) is 0 Å². The molecule has 0 N–H and O–H groups in total. The Morgan fingerprint density at radius 2 is 1.92 bits per heavy atom. The number of hydrogen-bond donors (Lipinski definition) is 0. The first-order valence-electron chi connectivity index (χ1n) is 8.78. The third-order valence-corrected chi connectivity index (χ3v) is 5.10. The third kappa shape index (κ3) is 3.17. The van der Waals surface area contributed by atoms with Crippen LogP contribution in [0.15, 0.2) is 24.3 Å². The quantitative estimate of drug-likeness (QED) is 0.837. The van der Waals surface area contributed by atoms with Gasteiger partial charge in [-0.25, -0.2) is 0 Å². The van der Waals surface area contributed by atoms with Crippen LogP contribution >= 0.6 is 0 Å². The number of nitrogens with zero attached hydrogens (tertiary/aromatic N) is 2. The molecule has 2 saturated heterocycles. The molecule has 2 atom stereocenters. The Labute approximate surface area is 148 Å². The predicted octanol–water partition coefficient (Wildman–Crippen LogP) is 2.07. The van der Waals surface area contributed by atoms with Gasteiger partial charge in [-0.15, -0.1) is 0 Å². The highest BCUT2D eigenvalue weighted by Crippen LogP contribution is 2.32. The van der Waals surface area contributed by atoms with Gasteiger partial charge in [0.25, 0.3) is 5.91 Å². The van der Waals surface area contributed by atoms with Crippen LogP contribution in [-0.2, 0) is 9.59 Å². The summed E-state index contributed by atoms with van der Waals surface area (Å²) >= 11 is 0. The Kier molecular flexibility index (Phi) is 4.62. The Balaban J connectivity index is 1.79. The number of rotatable bonds is 4. The molecule has 2 heterocycles. The second-order valence-corrected chi connectivity index (χ2v) is 7.22. The summed E-state index contributed by atoms with van der Waals surface area (Å²) in [7, 11) is 1.57. The van der Waals surface area contributed by atoms with E-state index in [1.54, 1.807) is 44.9 Å². The van der Waals surface area contributed by atoms with Gasteiger partial charge >= 0.3 is 0 Å². The lowest BCUT2D eigenvalue weighted by Crippen LogP contribution is -2.63. The molecular formula is C19H26N2O4. The van der Waals surface area contributed by atoms with Crippen molar-refractivity contribution in [3.8, 4) is 11.5 Å². The van der Waals surface area contributed by atoms with E-state index in [4.69, 9.17) is 9.47 Å². The first-order valence-corrected chi connectivity index (χ1v) is 8.78. The molecule has 0 saturated carbocycles. The van der Waals surface area contributed by atoms with Crippen molar-refractivity contribution in [2.45, 2.75) is 51.3 Å². The molecule has 0 aromatic heterocycles. The van der Waals surface area contributed by atoms with Gasteiger partial charge in [0, 0.05) is 19.1 Å². The highest BCUT2D eigenvalue weighted by Gasteiger charge is 2.46. The molecule has 6 nitrogen and oxygen atoms in total. The van der Waals surface area contributed by atoms with E-state index in [1.807, 2.05) is 17.0 Å². The van der Waals surface area contributed by atoms with Gasteiger partial charge in [-0.05, 0) is 45.7 Å². The molecule has 25 heavy (non-hydrogen) atoms. The highest BCUT2D eigenvalue weighted by molar-refractivity contribution is 5.92. The van der Waals surface area contributed by atoms with Crippen LogP contribution in [0.4, 0.5) is 0 Å². The first-order chi connectivity index (χ1) is 11.8. The number of methoxy groups -OCH3 is 1. The monoisotopic (exact) mass is 346 g/mol. The fourth-order valence-electron chi connectivity index (χ4n) is 3.70. The lowest BCUT2D eigenvalue weighted by Gasteiger charge is -2.44. The van der Waals surface area contributed by atoms with Crippen molar-refractivity contribution in [1.29, 1.82) is 0 Å². The molecule has 0 radical (unpaired) electrons. The molecule has 3 rings (SSSR count). The predicted molar refractivity (Wildman–Crippen MR) is 93.6 cm³/mol. The summed E-state index contributed by atoms with van der Waals surface area (Å²) in [5, 5.41) is 0. The van der Waals surface area contributed by atoms with Crippen molar-refractivity contribution < 1.29 is 19.1 Å². The SMILES string of the molecule is COc1ccccc1OC(C)(C)C(=O)N1C[C@H]2CCCN2C(=O)[C@@H]1C. The molecular weight excluding hydrogens is 320 g/mol. The molecule has 2 aliphatic heterocycles. The molecule has 2 aliphatic rings. The third-order valence-electron chi connectivity index (χ3n) is 5.10. The number of ether oxygens (including phenoxy) is 2. The van der Waals surface area contributed by atoms with Crippen LogP contribution < -0.4 is 9.47 Å². The molecule has 0 aliphatic carbocycles. The summed E-state index contributed by atoms with van der Waals surface area (Å²) < 4.78 is 11.3. The molecule has 6 heteroatoms. The number of para-hydroxylation sites is 2. The summed E-state index contributed by atoms with van der Waals surface area (Å²) in [5.74, 6) is 0.955. The zero-order valence-electron chi connectivity index (χ0n) is 15.3. The zero-order chi connectivity index (χ0) is 18.2. The van der Waals surface area contributed by atoms with Crippen LogP contribution in [-0.4, -0.2) is 59.5 Å². The van der Waals surface area contributed by atoms with E-state index in [2.05, 4.69) is 0 Å². The molecule has 1 aromatic carbocycles. The molecule has 136 valence electrons. The van der Waals surface area contributed by atoms with E-state index in [0.29, 0.717) is 18.0 Å². The van der Waals surface area contributed by atoms with Crippen LogP contribution in [0, 0.1) is 0 Å². The van der Waals surface area contributed by atoms with E-state index in [-0.39, 0.29) is 17.9 Å². The first kappa shape index (κ1) is 17.6. The van der Waals surface area contributed by atoms with E-state index >= 15 is 0 Å². The highest BCUT2D eigenvalue weighted by atomic mass is 16.5. The summed E-state index contributed by atoms with van der Waals surface area (Å²) in [4.78, 5) is 29.3. The number of amides is 2. The molecule has 2 amide bonds. The van der Waals surface area contributed by atoms with E-state index in [0.717, 1.165) is 19.4 Å². The standard InChI is InChI=1S/C19H26N2O4/c1-13-17(22)20-11-7-8-14(20)12-21(13)18(23)19(2,3)25-16-10-6-5-9-15(16)24-4/h5-6,9-10,13-14H,7-8,11-12H2,1-4H3/t13-,14+/m0/s1. The topological polar surface area (TPSA) is 59.1 Å². The van der Waals surface area contributed by atoms with Gasteiger partial charge in [0.05, 0.1) is 7.11 Å². The van der Waals surface area contributed by atoms with Crippen LogP contribution in [0.5, 0.6) is 11.5 Å². The zero-order valence-corrected chi connectivity index (χ0v) is 15.3. The number of carbonyl (C=O) groups excluding carboxylic acids is 2. The minimum absolute atomic E-state index is 0.0372. The Morgan fingerprint density at radius 3 is 2.60 bits per heavy atom. The Bertz CT molecular complexity index is 673. The summed E-state index contributed by atoms with van der Waals surface area (Å²) in [6, 6.07) is 6.93. The van der Waals surface area contributed by atoms with E-state index in [1.165, 1.54) is 0 Å². The van der Waals surface area contributed by atoms with Crippen LogP contribution in [0.3, 0.4) is 0 Å². The molecule has 2 fully saturated rings. The normalized spacial score (nSPS) is 23.4. The molecule has 0 unspecified atom stereocenters. The van der Waals surface area contributed by atoms with Crippen molar-refractivity contribution in [3.63, 3.8) is 0 Å². The lowest BCUT2D eigenvalue weighted by atomic mass is 10.0. The van der Waals surface area contributed by atoms with Gasteiger partial charge < -0.3 is 19.3 Å². The largest absolute Gasteiger partial charge is 0.493 e. The van der Waals surface area contributed by atoms with Crippen LogP contribution in [0.25, 0.3) is 0 Å². The lowest BCUT2D eigenvalue weighted by molar-refractivity contribution is -0.160. The number of hydrogen-bond acceptors (Lipinski definition) is 4. The fourth-order valence-corrected chi connectivity index (χ4v) is 3.70. The van der Waals surface area contributed by atoms with Gasteiger partial charge in [-0.3, -0.25) is 9.59 Å². The van der Waals surface area contributed by atoms with Crippen molar-refractivity contribution >= 4 is 11.8 Å². The maximum Gasteiger partial charge on any atom is 0.266 e. The maximum atomic E-state index is 13.2. The number of piperazine rings is 1. The Hall–Kier alpha value is -2.24. The van der Waals surface area contributed by atoms with Gasteiger partial charge in [-0.1, -0.05) is 12.1 Å². The summed E-state index contributed by atoms with van der Waals surface area (Å²) in [5.41, 5.74) is -1.09. The van der Waals surface area contributed by atoms with Gasteiger partial charge in [-0.2, -0.15) is 0 Å². The number of carbonyl (C=O) groups is 2. The summed E-state index contributed by atoms with van der Waals surface area (Å²) in [6.45, 7) is 6.65. The number of benzene rings is 1. The maximum absolute atomic E-state index is 13.2. The van der Waals surface area contributed by atoms with Crippen molar-refractivity contribution in [1.82, 2.24) is 9.80 Å². The number of fused-ring (bicyclic) bond motifs is 1. The minimum atomic E-state index is -1.09. The van der Waals surface area contributed by atoms with Crippen molar-refractivity contribution in [2.75, 3.05) is 20.2 Å². The van der Waals surface area contributed by atoms with E-state index < -0.39 is 11.6 Å². The fraction of sp³-hybridized carbons (Fsp3) is 0.579. The minimum Gasteiger partial charge on any atom is -0.493 e. The summed E-state index contributed by atoms with van der Waals surface area (Å²) in [6.07, 6.45) is 1.96. The van der Waals surface area contributed by atoms with Crippen LogP contribution in [0.2, 0.25) is 0 Å². The second-order valence-electron chi connectivity index (χ2n) is 7.22.